The van der Waals surface area contributed by atoms with Crippen molar-refractivity contribution in [2.75, 3.05) is 7.11 Å². The predicted molar refractivity (Wildman–Crippen MR) is 119 cm³/mol. The van der Waals surface area contributed by atoms with E-state index in [0.29, 0.717) is 28.8 Å². The van der Waals surface area contributed by atoms with E-state index in [1.165, 1.54) is 31.7 Å². The summed E-state index contributed by atoms with van der Waals surface area (Å²) in [5, 5.41) is 6.56. The molecule has 3 atom stereocenters. The monoisotopic (exact) mass is 513 g/mol. The molecule has 1 aliphatic rings. The van der Waals surface area contributed by atoms with E-state index in [-0.39, 0.29) is 11.6 Å². The van der Waals surface area contributed by atoms with E-state index < -0.39 is 30.0 Å². The van der Waals surface area contributed by atoms with Crippen molar-refractivity contribution in [1.29, 1.82) is 0 Å². The highest BCUT2D eigenvalue weighted by atomic mass is 79.9. The topological polar surface area (TPSA) is 80.9 Å². The van der Waals surface area contributed by atoms with Gasteiger partial charge in [0.2, 0.25) is 5.91 Å². The number of hydrogen-bond acceptors (Lipinski definition) is 5. The maximum absolute atomic E-state index is 13.8. The Bertz CT molecular complexity index is 1020. The van der Waals surface area contributed by atoms with Crippen molar-refractivity contribution in [2.24, 2.45) is 9.98 Å². The van der Waals surface area contributed by atoms with Crippen LogP contribution in [0.3, 0.4) is 0 Å². The number of aliphatic imine (C=N–C) groups is 2. The number of methoxy groups -OCH3 is 1. The molecular formula is C21H23BrF3N5O2. The average molecular weight is 514 g/mol. The minimum absolute atomic E-state index is 0.105. The van der Waals surface area contributed by atoms with Gasteiger partial charge < -0.3 is 10.1 Å². The molecule has 3 unspecified atom stereocenters. The van der Waals surface area contributed by atoms with E-state index >= 15 is 0 Å². The molecule has 2 heterocycles. The quantitative estimate of drug-likeness (QED) is 0.586. The molecule has 0 aliphatic carbocycles. The number of benzene rings is 1. The van der Waals surface area contributed by atoms with Crippen LogP contribution in [0.25, 0.3) is 11.1 Å². The SMILES string of the molecule is CCCC(C(=O)NC1N=CC(Br)=NC1C)n1cc(-c2ccc(OC)cc2)c(C(F)(F)F)n1. The van der Waals surface area contributed by atoms with Crippen LogP contribution in [0.4, 0.5) is 13.2 Å². The van der Waals surface area contributed by atoms with Crippen molar-refractivity contribution in [3.8, 4) is 16.9 Å². The zero-order valence-electron chi connectivity index (χ0n) is 17.7. The third-order valence-corrected chi connectivity index (χ3v) is 5.41. The number of ether oxygens (including phenoxy) is 1. The van der Waals surface area contributed by atoms with Crippen molar-refractivity contribution in [3.63, 3.8) is 0 Å². The number of carbonyl (C=O) groups is 1. The molecule has 2 aromatic rings. The summed E-state index contributed by atoms with van der Waals surface area (Å²) in [7, 11) is 1.48. The average Bonchev–Trinajstić information content (AvgIpc) is 3.19. The number of halogens is 4. The minimum atomic E-state index is -4.68. The van der Waals surface area contributed by atoms with Gasteiger partial charge in [-0.2, -0.15) is 18.3 Å². The van der Waals surface area contributed by atoms with Gasteiger partial charge in [-0.05, 0) is 47.0 Å². The highest BCUT2D eigenvalue weighted by Gasteiger charge is 2.39. The molecule has 32 heavy (non-hydrogen) atoms. The fourth-order valence-corrected chi connectivity index (χ4v) is 3.81. The lowest BCUT2D eigenvalue weighted by Crippen LogP contribution is -2.45. The number of hydrogen-bond donors (Lipinski definition) is 1. The first-order valence-corrected chi connectivity index (χ1v) is 10.8. The lowest BCUT2D eigenvalue weighted by Gasteiger charge is -2.24. The Balaban J connectivity index is 1.94. The second kappa shape index (κ2) is 9.85. The van der Waals surface area contributed by atoms with Crippen LogP contribution in [0, 0.1) is 0 Å². The molecule has 0 bridgehead atoms. The molecule has 0 saturated carbocycles. The van der Waals surface area contributed by atoms with Gasteiger partial charge in [-0.3, -0.25) is 19.5 Å². The molecule has 1 aliphatic heterocycles. The second-order valence-electron chi connectivity index (χ2n) is 7.33. The maximum atomic E-state index is 13.8. The number of rotatable bonds is 7. The van der Waals surface area contributed by atoms with E-state index in [9.17, 15) is 18.0 Å². The molecule has 1 N–H and O–H groups in total. The van der Waals surface area contributed by atoms with E-state index in [2.05, 4.69) is 36.3 Å². The molecule has 3 rings (SSSR count). The zero-order chi connectivity index (χ0) is 23.5. The van der Waals surface area contributed by atoms with Gasteiger partial charge in [-0.25, -0.2) is 0 Å². The number of nitrogens with one attached hydrogen (secondary N) is 1. The van der Waals surface area contributed by atoms with Gasteiger partial charge in [0.25, 0.3) is 0 Å². The fourth-order valence-electron chi connectivity index (χ4n) is 3.36. The number of alkyl halides is 3. The summed E-state index contributed by atoms with van der Waals surface area (Å²) in [4.78, 5) is 21.5. The Labute approximate surface area is 191 Å². The molecule has 1 aromatic carbocycles. The second-order valence-corrected chi connectivity index (χ2v) is 8.14. The fraction of sp³-hybridized carbons (Fsp3) is 0.429. The van der Waals surface area contributed by atoms with Gasteiger partial charge in [-0.15, -0.1) is 0 Å². The van der Waals surface area contributed by atoms with E-state index in [4.69, 9.17) is 4.74 Å². The largest absolute Gasteiger partial charge is 0.497 e. The maximum Gasteiger partial charge on any atom is 0.435 e. The van der Waals surface area contributed by atoms with Gasteiger partial charge in [0, 0.05) is 11.8 Å². The third-order valence-electron chi connectivity index (χ3n) is 5.00. The van der Waals surface area contributed by atoms with Crippen LogP contribution in [0.5, 0.6) is 5.75 Å². The van der Waals surface area contributed by atoms with Crippen molar-refractivity contribution in [2.45, 2.75) is 51.1 Å². The number of nitrogens with zero attached hydrogens (tertiary/aromatic N) is 4. The van der Waals surface area contributed by atoms with Crippen molar-refractivity contribution in [3.05, 3.63) is 36.2 Å². The van der Waals surface area contributed by atoms with Gasteiger partial charge >= 0.3 is 6.18 Å². The van der Waals surface area contributed by atoms with Crippen LogP contribution in [0.15, 0.2) is 40.4 Å². The molecule has 0 fully saturated rings. The summed E-state index contributed by atoms with van der Waals surface area (Å²) in [6.07, 6.45) is -1.66. The number of carbonyl (C=O) groups excluding carboxylic acids is 1. The molecule has 7 nitrogen and oxygen atoms in total. The van der Waals surface area contributed by atoms with E-state index in [1.54, 1.807) is 19.1 Å². The molecular weight excluding hydrogens is 491 g/mol. The molecule has 0 saturated heterocycles. The number of amides is 1. The Kier molecular flexibility index (Phi) is 7.37. The van der Waals surface area contributed by atoms with Crippen LogP contribution < -0.4 is 10.1 Å². The van der Waals surface area contributed by atoms with E-state index in [1.807, 2.05) is 6.92 Å². The van der Waals surface area contributed by atoms with Crippen molar-refractivity contribution in [1.82, 2.24) is 15.1 Å². The van der Waals surface area contributed by atoms with Crippen molar-refractivity contribution < 1.29 is 22.7 Å². The first-order valence-electron chi connectivity index (χ1n) is 10.0. The normalized spacial score (nSPS) is 19.4. The molecule has 11 heteroatoms. The summed E-state index contributed by atoms with van der Waals surface area (Å²) >= 11 is 3.23. The van der Waals surface area contributed by atoms with Crippen LogP contribution in [0.2, 0.25) is 0 Å². The van der Waals surface area contributed by atoms with Crippen LogP contribution in [0.1, 0.15) is 38.4 Å². The molecule has 1 amide bonds. The first-order chi connectivity index (χ1) is 15.1. The Morgan fingerprint density at radius 3 is 2.56 bits per heavy atom. The van der Waals surface area contributed by atoms with Crippen LogP contribution >= 0.6 is 15.9 Å². The van der Waals surface area contributed by atoms with Gasteiger partial charge in [0.15, 0.2) is 5.69 Å². The summed E-state index contributed by atoms with van der Waals surface area (Å²) in [6.45, 7) is 3.64. The Hall–Kier alpha value is -2.69. The minimum Gasteiger partial charge on any atom is -0.497 e. The summed E-state index contributed by atoms with van der Waals surface area (Å²) < 4.78 is 48.0. The molecule has 0 radical (unpaired) electrons. The third kappa shape index (κ3) is 5.37. The van der Waals surface area contributed by atoms with Crippen LogP contribution in [-0.4, -0.2) is 45.8 Å². The van der Waals surface area contributed by atoms with Crippen molar-refractivity contribution >= 4 is 32.7 Å². The smallest absolute Gasteiger partial charge is 0.435 e. The predicted octanol–water partition coefficient (Wildman–Crippen LogP) is 4.63. The van der Waals surface area contributed by atoms with Gasteiger partial charge in [0.1, 0.15) is 22.6 Å². The number of aromatic nitrogens is 2. The molecule has 0 spiro atoms. The molecule has 1 aromatic heterocycles. The highest BCUT2D eigenvalue weighted by molar-refractivity contribution is 9.19. The standard InChI is InChI=1S/C21H23BrF3N5O2/c1-4-5-16(20(31)28-19-12(2)27-17(22)10-26-19)30-11-15(18(29-30)21(23,24)25)13-6-8-14(32-3)9-7-13/h6-12,16,19H,4-5H2,1-3H3,(H,28,31). The summed E-state index contributed by atoms with van der Waals surface area (Å²) in [5.41, 5.74) is -0.828. The lowest BCUT2D eigenvalue weighted by molar-refractivity contribution is -0.141. The Morgan fingerprint density at radius 2 is 2.00 bits per heavy atom. The zero-order valence-corrected chi connectivity index (χ0v) is 19.3. The lowest BCUT2D eigenvalue weighted by atomic mass is 10.1. The molecule has 172 valence electrons. The van der Waals surface area contributed by atoms with Crippen LogP contribution in [-0.2, 0) is 11.0 Å². The highest BCUT2D eigenvalue weighted by Crippen LogP contribution is 2.37. The Morgan fingerprint density at radius 1 is 1.31 bits per heavy atom. The van der Waals surface area contributed by atoms with Gasteiger partial charge in [0.05, 0.1) is 19.4 Å². The van der Waals surface area contributed by atoms with Gasteiger partial charge in [-0.1, -0.05) is 25.5 Å². The first kappa shape index (κ1) is 24.0. The summed E-state index contributed by atoms with van der Waals surface area (Å²) in [6, 6.07) is 4.95. The van der Waals surface area contributed by atoms with E-state index in [0.717, 1.165) is 4.68 Å². The summed E-state index contributed by atoms with van der Waals surface area (Å²) in [5.74, 6) is 0.0565.